The van der Waals surface area contributed by atoms with Gasteiger partial charge in [-0.25, -0.2) is 4.79 Å². The maximum absolute atomic E-state index is 12.5. The lowest BCUT2D eigenvalue weighted by molar-refractivity contribution is -0.146. The number of carboxylic acid groups (broad SMARTS) is 2. The quantitative estimate of drug-likeness (QED) is 0.127. The van der Waals surface area contributed by atoms with Crippen molar-refractivity contribution in [2.75, 3.05) is 12.0 Å². The average Bonchev–Trinajstić information content (AvgIpc) is 2.65. The molecule has 0 saturated heterocycles. The van der Waals surface area contributed by atoms with Crippen LogP contribution in [0.25, 0.3) is 0 Å². The molecule has 3 amide bonds. The Morgan fingerprint density at radius 2 is 1.39 bits per heavy atom. The molecule has 0 aromatic heterocycles. The van der Waals surface area contributed by atoms with Crippen molar-refractivity contribution in [3.05, 3.63) is 0 Å². The van der Waals surface area contributed by atoms with Crippen LogP contribution in [0.15, 0.2) is 0 Å². The zero-order chi connectivity index (χ0) is 24.3. The Balaban J connectivity index is 5.39. The van der Waals surface area contributed by atoms with Crippen LogP contribution in [0.2, 0.25) is 0 Å². The highest BCUT2D eigenvalue weighted by molar-refractivity contribution is 7.98. The van der Waals surface area contributed by atoms with E-state index in [0.717, 1.165) is 6.92 Å². The van der Waals surface area contributed by atoms with Crippen molar-refractivity contribution in [3.63, 3.8) is 0 Å². The molecule has 0 spiro atoms. The Hall–Kier alpha value is -2.42. The summed E-state index contributed by atoms with van der Waals surface area (Å²) in [5.74, 6) is -5.47. The number of thioether (sulfide) groups is 1. The SMILES string of the molecule is CSCCC(N)C(=O)NC(C(=O)NC(CC(=O)O)C(=O)NC(C(=O)O)C(C)O)C(C)O. The van der Waals surface area contributed by atoms with Crippen LogP contribution in [0, 0.1) is 0 Å². The van der Waals surface area contributed by atoms with Gasteiger partial charge in [0.15, 0.2) is 6.04 Å². The smallest absolute Gasteiger partial charge is 0.328 e. The number of rotatable bonds is 14. The summed E-state index contributed by atoms with van der Waals surface area (Å²) < 4.78 is 0. The number of aliphatic hydroxyl groups is 2. The number of carbonyl (C=O) groups is 5. The molecule has 0 heterocycles. The van der Waals surface area contributed by atoms with Crippen LogP contribution in [-0.2, 0) is 24.0 Å². The number of carbonyl (C=O) groups excluding carboxylic acids is 3. The summed E-state index contributed by atoms with van der Waals surface area (Å²) in [6.45, 7) is 2.29. The normalized spacial score (nSPS) is 16.7. The zero-order valence-corrected chi connectivity index (χ0v) is 18.2. The minimum Gasteiger partial charge on any atom is -0.481 e. The summed E-state index contributed by atoms with van der Waals surface area (Å²) in [5, 5.41) is 43.6. The minimum absolute atomic E-state index is 0.307. The van der Waals surface area contributed by atoms with Gasteiger partial charge >= 0.3 is 11.9 Å². The largest absolute Gasteiger partial charge is 0.481 e. The highest BCUT2D eigenvalue weighted by Crippen LogP contribution is 2.03. The molecule has 6 unspecified atom stereocenters. The fourth-order valence-corrected chi connectivity index (χ4v) is 2.82. The van der Waals surface area contributed by atoms with Crippen molar-refractivity contribution in [3.8, 4) is 0 Å². The van der Waals surface area contributed by atoms with Gasteiger partial charge in [0, 0.05) is 0 Å². The number of nitrogens with one attached hydrogen (secondary N) is 3. The van der Waals surface area contributed by atoms with Crippen LogP contribution in [0.3, 0.4) is 0 Å². The van der Waals surface area contributed by atoms with Crippen LogP contribution < -0.4 is 21.7 Å². The molecule has 0 aliphatic carbocycles. The number of nitrogens with two attached hydrogens (primary N) is 1. The summed E-state index contributed by atoms with van der Waals surface area (Å²) in [6.07, 6.45) is -1.72. The summed E-state index contributed by atoms with van der Waals surface area (Å²) in [7, 11) is 0. The van der Waals surface area contributed by atoms with Gasteiger partial charge in [-0.2, -0.15) is 11.8 Å². The topological polar surface area (TPSA) is 228 Å². The van der Waals surface area contributed by atoms with Crippen LogP contribution in [0.1, 0.15) is 26.7 Å². The number of hydrogen-bond acceptors (Lipinski definition) is 9. The number of carboxylic acids is 2. The van der Waals surface area contributed by atoms with E-state index >= 15 is 0 Å². The number of aliphatic carboxylic acids is 2. The fraction of sp³-hybridized carbons (Fsp3) is 0.706. The summed E-state index contributed by atoms with van der Waals surface area (Å²) >= 11 is 1.46. The third-order valence-corrected chi connectivity index (χ3v) is 4.73. The maximum atomic E-state index is 12.5. The first-order valence-electron chi connectivity index (χ1n) is 9.28. The summed E-state index contributed by atoms with van der Waals surface area (Å²) in [5.41, 5.74) is 5.72. The van der Waals surface area contributed by atoms with Crippen LogP contribution in [0.4, 0.5) is 0 Å². The number of hydrogen-bond donors (Lipinski definition) is 8. The first kappa shape index (κ1) is 28.6. The second-order valence-corrected chi connectivity index (χ2v) is 7.82. The first-order chi connectivity index (χ1) is 14.3. The van der Waals surface area contributed by atoms with E-state index < -0.39 is 72.5 Å². The Morgan fingerprint density at radius 3 is 1.81 bits per heavy atom. The highest BCUT2D eigenvalue weighted by Gasteiger charge is 2.34. The molecule has 0 aromatic rings. The molecule has 13 nitrogen and oxygen atoms in total. The highest BCUT2D eigenvalue weighted by atomic mass is 32.2. The van der Waals surface area contributed by atoms with Gasteiger partial charge in [0.2, 0.25) is 17.7 Å². The molecule has 178 valence electrons. The molecule has 0 rings (SSSR count). The van der Waals surface area contributed by atoms with E-state index in [-0.39, 0.29) is 0 Å². The molecule has 0 saturated carbocycles. The molecule has 14 heteroatoms. The van der Waals surface area contributed by atoms with E-state index in [1.165, 1.54) is 18.7 Å². The minimum atomic E-state index is -1.75. The van der Waals surface area contributed by atoms with Gasteiger partial charge in [-0.05, 0) is 32.3 Å². The summed E-state index contributed by atoms with van der Waals surface area (Å²) in [4.78, 5) is 59.2. The van der Waals surface area contributed by atoms with Gasteiger partial charge in [-0.3, -0.25) is 19.2 Å². The molecule has 0 bridgehead atoms. The predicted octanol–water partition coefficient (Wildman–Crippen LogP) is -3.16. The van der Waals surface area contributed by atoms with Crippen LogP contribution in [-0.4, -0.2) is 98.5 Å². The van der Waals surface area contributed by atoms with Gasteiger partial charge in [0.25, 0.3) is 0 Å². The second kappa shape index (κ2) is 13.8. The third kappa shape index (κ3) is 10.4. The van der Waals surface area contributed by atoms with Crippen molar-refractivity contribution in [2.24, 2.45) is 5.73 Å². The molecule has 0 radical (unpaired) electrons. The van der Waals surface area contributed by atoms with Crippen molar-refractivity contribution in [1.82, 2.24) is 16.0 Å². The number of aliphatic hydroxyl groups excluding tert-OH is 2. The fourth-order valence-electron chi connectivity index (χ4n) is 2.33. The lowest BCUT2D eigenvalue weighted by Gasteiger charge is -2.26. The van der Waals surface area contributed by atoms with Crippen molar-refractivity contribution < 1.29 is 44.4 Å². The van der Waals surface area contributed by atoms with Crippen LogP contribution in [0.5, 0.6) is 0 Å². The lowest BCUT2D eigenvalue weighted by atomic mass is 10.1. The van der Waals surface area contributed by atoms with Crippen molar-refractivity contribution >= 4 is 41.4 Å². The van der Waals surface area contributed by atoms with E-state index in [9.17, 15) is 34.2 Å². The Labute approximate surface area is 183 Å². The molecule has 0 aromatic carbocycles. The lowest BCUT2D eigenvalue weighted by Crippen LogP contribution is -2.60. The van der Waals surface area contributed by atoms with Gasteiger partial charge in [-0.15, -0.1) is 0 Å². The van der Waals surface area contributed by atoms with E-state index in [0.29, 0.717) is 12.2 Å². The van der Waals surface area contributed by atoms with E-state index in [1.54, 1.807) is 0 Å². The number of amides is 3. The zero-order valence-electron chi connectivity index (χ0n) is 17.4. The molecule has 31 heavy (non-hydrogen) atoms. The van der Waals surface area contributed by atoms with Gasteiger partial charge in [-0.1, -0.05) is 0 Å². The predicted molar refractivity (Wildman–Crippen MR) is 110 cm³/mol. The second-order valence-electron chi connectivity index (χ2n) is 6.84. The average molecular weight is 467 g/mol. The first-order valence-corrected chi connectivity index (χ1v) is 10.7. The Kier molecular flexibility index (Phi) is 12.7. The summed E-state index contributed by atoms with van der Waals surface area (Å²) in [6, 6.07) is -6.00. The molecule has 0 aliphatic heterocycles. The van der Waals surface area contributed by atoms with Gasteiger partial charge in [0.1, 0.15) is 12.1 Å². The van der Waals surface area contributed by atoms with Crippen molar-refractivity contribution in [2.45, 2.75) is 63.1 Å². The molecular weight excluding hydrogens is 436 g/mol. The van der Waals surface area contributed by atoms with Gasteiger partial charge < -0.3 is 42.1 Å². The molecule has 6 atom stereocenters. The van der Waals surface area contributed by atoms with Crippen molar-refractivity contribution in [1.29, 1.82) is 0 Å². The Bertz CT molecular complexity index is 660. The van der Waals surface area contributed by atoms with Crippen LogP contribution >= 0.6 is 11.8 Å². The van der Waals surface area contributed by atoms with E-state index in [1.807, 2.05) is 11.6 Å². The standard InChI is InChI=1S/C17H30N4O9S/c1-7(22)12(20-14(26)9(18)4-5-31-3)16(28)19-10(6-11(24)25)15(27)21-13(8(2)23)17(29)30/h7-10,12-13,22-23H,4-6,18H2,1-3H3,(H,19,28)(H,20,26)(H,21,27)(H,24,25)(H,29,30). The van der Waals surface area contributed by atoms with E-state index in [4.69, 9.17) is 15.9 Å². The third-order valence-electron chi connectivity index (χ3n) is 4.09. The van der Waals surface area contributed by atoms with E-state index in [2.05, 4.69) is 10.6 Å². The molecular formula is C17H30N4O9S. The molecule has 9 N–H and O–H groups in total. The van der Waals surface area contributed by atoms with Gasteiger partial charge in [0.05, 0.1) is 24.7 Å². The Morgan fingerprint density at radius 1 is 0.871 bits per heavy atom. The monoisotopic (exact) mass is 466 g/mol. The molecule has 0 aliphatic rings. The molecule has 0 fully saturated rings. The maximum Gasteiger partial charge on any atom is 0.328 e.